The first kappa shape index (κ1) is 11.8. The van der Waals surface area contributed by atoms with Gasteiger partial charge in [0.25, 0.3) is 0 Å². The molecule has 0 saturated heterocycles. The van der Waals surface area contributed by atoms with Crippen LogP contribution in [-0.4, -0.2) is 11.0 Å². The van der Waals surface area contributed by atoms with Crippen LogP contribution in [0.2, 0.25) is 0 Å². The van der Waals surface area contributed by atoms with Crippen LogP contribution in [0, 0.1) is 27.7 Å². The summed E-state index contributed by atoms with van der Waals surface area (Å²) >= 11 is 0. The summed E-state index contributed by atoms with van der Waals surface area (Å²) in [4.78, 5) is 9.89. The van der Waals surface area contributed by atoms with E-state index in [2.05, 4.69) is 5.32 Å². The van der Waals surface area contributed by atoms with Crippen LogP contribution >= 0.6 is 0 Å². The van der Waals surface area contributed by atoms with E-state index in [1.54, 1.807) is 0 Å². The van der Waals surface area contributed by atoms with Crippen LogP contribution < -0.4 is 5.32 Å². The number of halogens is 2. The van der Waals surface area contributed by atoms with Crippen molar-refractivity contribution in [1.29, 1.82) is 0 Å². The summed E-state index contributed by atoms with van der Waals surface area (Å²) in [7, 11) is 0. The van der Waals surface area contributed by atoms with Crippen LogP contribution in [0.3, 0.4) is 0 Å². The highest BCUT2D eigenvalue weighted by Gasteiger charge is 2.30. The van der Waals surface area contributed by atoms with Crippen LogP contribution in [0.5, 0.6) is 0 Å². The van der Waals surface area contributed by atoms with Gasteiger partial charge in [0, 0.05) is 18.2 Å². The van der Waals surface area contributed by atoms with Crippen molar-refractivity contribution >= 4 is 11.4 Å². The minimum atomic E-state index is -1.15. The summed E-state index contributed by atoms with van der Waals surface area (Å²) < 4.78 is 26.3. The lowest BCUT2D eigenvalue weighted by molar-refractivity contribution is -0.386. The highest BCUT2D eigenvalue weighted by Crippen LogP contribution is 2.36. The number of nitro benzene ring substituents is 1. The first-order valence-corrected chi connectivity index (χ1v) is 5.39. The Labute approximate surface area is 96.8 Å². The average Bonchev–Trinajstić information content (AvgIpc) is 2.97. The molecule has 6 heteroatoms. The average molecular weight is 242 g/mol. The minimum Gasteiger partial charge on any atom is -0.377 e. The van der Waals surface area contributed by atoms with Crippen LogP contribution in [0.15, 0.2) is 12.1 Å². The zero-order chi connectivity index (χ0) is 12.6. The Morgan fingerprint density at radius 3 is 2.65 bits per heavy atom. The third-order valence-corrected chi connectivity index (χ3v) is 2.92. The van der Waals surface area contributed by atoms with Gasteiger partial charge in [0.15, 0.2) is 0 Å². The van der Waals surface area contributed by atoms with Crippen LogP contribution in [-0.2, 0) is 0 Å². The quantitative estimate of drug-likeness (QED) is 0.652. The standard InChI is InChI=1S/C11H12F2N2O2/c1-6(7-2-3-7)14-10-5-8(12)4-9(13)11(10)15(16)17/h4-7,14H,2-3H2,1H3. The van der Waals surface area contributed by atoms with Crippen molar-refractivity contribution in [2.75, 3.05) is 5.32 Å². The predicted molar refractivity (Wildman–Crippen MR) is 58.8 cm³/mol. The van der Waals surface area contributed by atoms with Crippen LogP contribution in [0.4, 0.5) is 20.2 Å². The summed E-state index contributed by atoms with van der Waals surface area (Å²) in [5.41, 5.74) is -0.786. The number of nitro groups is 1. The molecule has 1 atom stereocenters. The number of nitrogens with one attached hydrogen (secondary N) is 1. The van der Waals surface area contributed by atoms with E-state index in [1.807, 2.05) is 6.92 Å². The Kier molecular flexibility index (Phi) is 2.95. The van der Waals surface area contributed by atoms with Crippen molar-refractivity contribution in [3.63, 3.8) is 0 Å². The maximum absolute atomic E-state index is 13.3. The molecule has 1 aromatic carbocycles. The topological polar surface area (TPSA) is 55.2 Å². The molecule has 1 N–H and O–H groups in total. The lowest BCUT2D eigenvalue weighted by Gasteiger charge is -2.14. The SMILES string of the molecule is CC(Nc1cc(F)cc(F)c1[N+](=O)[O-])C1CC1. The normalized spacial score (nSPS) is 16.6. The second kappa shape index (κ2) is 4.27. The zero-order valence-electron chi connectivity index (χ0n) is 9.24. The van der Waals surface area contributed by atoms with E-state index in [-0.39, 0.29) is 11.7 Å². The van der Waals surface area contributed by atoms with Gasteiger partial charge in [-0.25, -0.2) is 4.39 Å². The molecule has 1 unspecified atom stereocenters. The lowest BCUT2D eigenvalue weighted by Crippen LogP contribution is -2.18. The van der Waals surface area contributed by atoms with Crippen LogP contribution in [0.1, 0.15) is 19.8 Å². The molecule has 0 radical (unpaired) electrons. The van der Waals surface area contributed by atoms with Crippen molar-refractivity contribution in [3.8, 4) is 0 Å². The van der Waals surface area contributed by atoms with Gasteiger partial charge in [0.1, 0.15) is 11.5 Å². The molecule has 2 rings (SSSR count). The fourth-order valence-electron chi connectivity index (χ4n) is 1.82. The summed E-state index contributed by atoms with van der Waals surface area (Å²) in [6.07, 6.45) is 2.08. The largest absolute Gasteiger partial charge is 0.377 e. The molecule has 1 saturated carbocycles. The molecule has 1 fully saturated rings. The molecule has 17 heavy (non-hydrogen) atoms. The molecule has 1 aliphatic carbocycles. The van der Waals surface area contributed by atoms with Gasteiger partial charge in [-0.15, -0.1) is 0 Å². The molecule has 0 aromatic heterocycles. The smallest absolute Gasteiger partial charge is 0.327 e. The molecule has 0 heterocycles. The molecule has 4 nitrogen and oxygen atoms in total. The van der Waals surface area contributed by atoms with Crippen molar-refractivity contribution in [3.05, 3.63) is 33.9 Å². The Hall–Kier alpha value is -1.72. The molecule has 1 aromatic rings. The summed E-state index contributed by atoms with van der Waals surface area (Å²) in [5.74, 6) is -1.54. The number of hydrogen-bond donors (Lipinski definition) is 1. The summed E-state index contributed by atoms with van der Waals surface area (Å²) in [5, 5.41) is 13.5. The van der Waals surface area contributed by atoms with Gasteiger partial charge in [0.05, 0.1) is 4.92 Å². The van der Waals surface area contributed by atoms with Gasteiger partial charge in [-0.3, -0.25) is 10.1 Å². The first-order chi connectivity index (χ1) is 7.99. The predicted octanol–water partition coefficient (Wildman–Crippen LogP) is 3.08. The summed E-state index contributed by atoms with van der Waals surface area (Å²) in [6, 6.07) is 1.46. The Bertz CT molecular complexity index is 461. The van der Waals surface area contributed by atoms with E-state index in [0.717, 1.165) is 18.9 Å². The minimum absolute atomic E-state index is 0.0186. The molecule has 0 aliphatic heterocycles. The number of rotatable bonds is 4. The van der Waals surface area contributed by atoms with E-state index in [9.17, 15) is 18.9 Å². The van der Waals surface area contributed by atoms with E-state index in [1.165, 1.54) is 0 Å². The number of nitrogens with zero attached hydrogens (tertiary/aromatic N) is 1. The van der Waals surface area contributed by atoms with Crippen molar-refractivity contribution in [2.45, 2.75) is 25.8 Å². The third-order valence-electron chi connectivity index (χ3n) is 2.92. The Morgan fingerprint density at radius 2 is 2.12 bits per heavy atom. The Morgan fingerprint density at radius 1 is 1.47 bits per heavy atom. The zero-order valence-corrected chi connectivity index (χ0v) is 9.24. The first-order valence-electron chi connectivity index (χ1n) is 5.39. The Balaban J connectivity index is 2.32. The molecule has 1 aliphatic rings. The molecular weight excluding hydrogens is 230 g/mol. The third kappa shape index (κ3) is 2.51. The van der Waals surface area contributed by atoms with Crippen molar-refractivity contribution in [1.82, 2.24) is 0 Å². The fourth-order valence-corrected chi connectivity index (χ4v) is 1.82. The van der Waals surface area contributed by atoms with Gasteiger partial charge in [-0.1, -0.05) is 0 Å². The van der Waals surface area contributed by atoms with Gasteiger partial charge in [-0.05, 0) is 25.7 Å². The highest BCUT2D eigenvalue weighted by atomic mass is 19.1. The van der Waals surface area contributed by atoms with Gasteiger partial charge < -0.3 is 5.32 Å². The number of hydrogen-bond acceptors (Lipinski definition) is 3. The maximum atomic E-state index is 13.3. The maximum Gasteiger partial charge on any atom is 0.327 e. The monoisotopic (exact) mass is 242 g/mol. The van der Waals surface area contributed by atoms with Gasteiger partial charge in [-0.2, -0.15) is 4.39 Å². The van der Waals surface area contributed by atoms with E-state index >= 15 is 0 Å². The van der Waals surface area contributed by atoms with E-state index in [4.69, 9.17) is 0 Å². The number of benzene rings is 1. The lowest BCUT2D eigenvalue weighted by atomic mass is 10.2. The second-order valence-corrected chi connectivity index (χ2v) is 4.31. The molecule has 0 bridgehead atoms. The second-order valence-electron chi connectivity index (χ2n) is 4.31. The van der Waals surface area contributed by atoms with Gasteiger partial charge >= 0.3 is 5.69 Å². The number of anilines is 1. The van der Waals surface area contributed by atoms with Crippen molar-refractivity contribution in [2.24, 2.45) is 5.92 Å². The van der Waals surface area contributed by atoms with Crippen LogP contribution in [0.25, 0.3) is 0 Å². The highest BCUT2D eigenvalue weighted by molar-refractivity contribution is 5.62. The molecule has 92 valence electrons. The van der Waals surface area contributed by atoms with E-state index in [0.29, 0.717) is 12.0 Å². The summed E-state index contributed by atoms with van der Waals surface area (Å²) in [6.45, 7) is 1.85. The van der Waals surface area contributed by atoms with Gasteiger partial charge in [0.2, 0.25) is 5.82 Å². The fraction of sp³-hybridized carbons (Fsp3) is 0.455. The van der Waals surface area contributed by atoms with E-state index < -0.39 is 22.2 Å². The molecule has 0 amide bonds. The molecule has 0 spiro atoms. The molecular formula is C11H12F2N2O2. The van der Waals surface area contributed by atoms with Crippen molar-refractivity contribution < 1.29 is 13.7 Å².